The summed E-state index contributed by atoms with van der Waals surface area (Å²) < 4.78 is 7.03. The SMILES string of the molecule is CCn1nc(C)c(Cl)c1CNc1ccc(OC)c(Cl)c1. The summed E-state index contributed by atoms with van der Waals surface area (Å²) in [5.74, 6) is 0.657. The molecule has 0 atom stereocenters. The van der Waals surface area contributed by atoms with Crippen LogP contribution in [0.1, 0.15) is 18.3 Å². The first-order chi connectivity index (χ1) is 9.56. The first kappa shape index (κ1) is 15.0. The minimum absolute atomic E-state index is 0.573. The molecule has 0 unspecified atom stereocenters. The minimum atomic E-state index is 0.573. The number of aromatic nitrogens is 2. The molecule has 0 aliphatic heterocycles. The molecule has 6 heteroatoms. The van der Waals surface area contributed by atoms with Gasteiger partial charge in [0.1, 0.15) is 5.75 Å². The van der Waals surface area contributed by atoms with Crippen LogP contribution in [0.2, 0.25) is 10.0 Å². The lowest BCUT2D eigenvalue weighted by molar-refractivity contribution is 0.415. The maximum Gasteiger partial charge on any atom is 0.137 e. The van der Waals surface area contributed by atoms with E-state index in [-0.39, 0.29) is 0 Å². The van der Waals surface area contributed by atoms with Crippen molar-refractivity contribution in [1.29, 1.82) is 0 Å². The third kappa shape index (κ3) is 3.02. The number of benzene rings is 1. The molecule has 0 fully saturated rings. The minimum Gasteiger partial charge on any atom is -0.495 e. The van der Waals surface area contributed by atoms with Gasteiger partial charge in [-0.2, -0.15) is 5.10 Å². The average Bonchev–Trinajstić information content (AvgIpc) is 2.72. The van der Waals surface area contributed by atoms with Gasteiger partial charge in [-0.3, -0.25) is 4.68 Å². The maximum absolute atomic E-state index is 6.27. The number of halogens is 2. The third-order valence-corrected chi connectivity index (χ3v) is 3.85. The van der Waals surface area contributed by atoms with Gasteiger partial charge in [0.25, 0.3) is 0 Å². The van der Waals surface area contributed by atoms with Gasteiger partial charge in [0.15, 0.2) is 0 Å². The molecular formula is C14H17Cl2N3O. The predicted octanol–water partition coefficient (Wildman–Crippen LogP) is 4.14. The van der Waals surface area contributed by atoms with E-state index in [1.165, 1.54) is 0 Å². The Bertz CT molecular complexity index is 611. The smallest absolute Gasteiger partial charge is 0.137 e. The lowest BCUT2D eigenvalue weighted by atomic mass is 10.3. The van der Waals surface area contributed by atoms with Crippen LogP contribution >= 0.6 is 23.2 Å². The second-order valence-corrected chi connectivity index (χ2v) is 5.15. The number of aryl methyl sites for hydroxylation is 2. The highest BCUT2D eigenvalue weighted by Gasteiger charge is 2.12. The van der Waals surface area contributed by atoms with Crippen LogP contribution in [0.15, 0.2) is 18.2 Å². The highest BCUT2D eigenvalue weighted by molar-refractivity contribution is 6.32. The van der Waals surface area contributed by atoms with Gasteiger partial charge in [0.05, 0.1) is 35.1 Å². The molecule has 1 N–H and O–H groups in total. The monoisotopic (exact) mass is 313 g/mol. The Kier molecular flexibility index (Phi) is 4.78. The van der Waals surface area contributed by atoms with Crippen LogP contribution in [0.5, 0.6) is 5.75 Å². The second kappa shape index (κ2) is 6.37. The van der Waals surface area contributed by atoms with Gasteiger partial charge in [-0.15, -0.1) is 0 Å². The Balaban J connectivity index is 2.14. The first-order valence-corrected chi connectivity index (χ1v) is 7.11. The van der Waals surface area contributed by atoms with Gasteiger partial charge in [-0.05, 0) is 32.0 Å². The third-order valence-electron chi connectivity index (χ3n) is 3.06. The zero-order chi connectivity index (χ0) is 14.7. The Labute approximate surface area is 128 Å². The highest BCUT2D eigenvalue weighted by atomic mass is 35.5. The fourth-order valence-electron chi connectivity index (χ4n) is 2.00. The number of nitrogens with zero attached hydrogens (tertiary/aromatic N) is 2. The van der Waals surface area contributed by atoms with Crippen molar-refractivity contribution in [2.24, 2.45) is 0 Å². The van der Waals surface area contributed by atoms with Gasteiger partial charge in [0.2, 0.25) is 0 Å². The van der Waals surface area contributed by atoms with E-state index in [2.05, 4.69) is 10.4 Å². The van der Waals surface area contributed by atoms with Crippen LogP contribution in [0.4, 0.5) is 5.69 Å². The molecule has 0 saturated carbocycles. The van der Waals surface area contributed by atoms with Crippen molar-refractivity contribution >= 4 is 28.9 Å². The molecule has 4 nitrogen and oxygen atoms in total. The molecule has 108 valence electrons. The summed E-state index contributed by atoms with van der Waals surface area (Å²) in [5.41, 5.74) is 2.73. The number of ether oxygens (including phenoxy) is 1. The molecule has 2 rings (SSSR count). The quantitative estimate of drug-likeness (QED) is 0.901. The molecule has 0 bridgehead atoms. The number of anilines is 1. The number of nitrogens with one attached hydrogen (secondary N) is 1. The van der Waals surface area contributed by atoms with E-state index in [9.17, 15) is 0 Å². The summed E-state index contributed by atoms with van der Waals surface area (Å²) in [7, 11) is 1.59. The second-order valence-electron chi connectivity index (χ2n) is 4.36. The van der Waals surface area contributed by atoms with Crippen molar-refractivity contribution in [3.8, 4) is 5.75 Å². The molecule has 1 aromatic carbocycles. The summed E-state index contributed by atoms with van der Waals surface area (Å²) >= 11 is 12.4. The fourth-order valence-corrected chi connectivity index (χ4v) is 2.46. The summed E-state index contributed by atoms with van der Waals surface area (Å²) in [6.45, 7) is 5.32. The molecular weight excluding hydrogens is 297 g/mol. The molecule has 0 radical (unpaired) electrons. The molecule has 1 aromatic heterocycles. The molecule has 0 amide bonds. The van der Waals surface area contributed by atoms with Crippen molar-refractivity contribution in [3.63, 3.8) is 0 Å². The Hall–Kier alpha value is -1.39. The molecule has 0 aliphatic carbocycles. The molecule has 0 saturated heterocycles. The van der Waals surface area contributed by atoms with Crippen molar-refractivity contribution < 1.29 is 4.74 Å². The average molecular weight is 314 g/mol. The van der Waals surface area contributed by atoms with Crippen LogP contribution in [0.3, 0.4) is 0 Å². The lowest BCUT2D eigenvalue weighted by Gasteiger charge is -2.10. The summed E-state index contributed by atoms with van der Waals surface area (Å²) in [6, 6.07) is 5.57. The van der Waals surface area contributed by atoms with Gasteiger partial charge in [0, 0.05) is 12.2 Å². The Morgan fingerprint density at radius 2 is 2.10 bits per heavy atom. The maximum atomic E-state index is 6.27. The highest BCUT2D eigenvalue weighted by Crippen LogP contribution is 2.28. The van der Waals surface area contributed by atoms with Crippen LogP contribution in [0.25, 0.3) is 0 Å². The van der Waals surface area contributed by atoms with E-state index in [0.717, 1.165) is 23.6 Å². The van der Waals surface area contributed by atoms with E-state index in [4.69, 9.17) is 27.9 Å². The Morgan fingerprint density at radius 1 is 1.35 bits per heavy atom. The molecule has 0 aliphatic rings. The number of hydrogen-bond donors (Lipinski definition) is 1. The van der Waals surface area contributed by atoms with Gasteiger partial charge in [-0.1, -0.05) is 23.2 Å². The van der Waals surface area contributed by atoms with E-state index in [1.54, 1.807) is 7.11 Å². The predicted molar refractivity (Wildman–Crippen MR) is 83.0 cm³/mol. The first-order valence-electron chi connectivity index (χ1n) is 6.36. The van der Waals surface area contributed by atoms with Crippen molar-refractivity contribution in [1.82, 2.24) is 9.78 Å². The molecule has 2 aromatic rings. The standard InChI is InChI=1S/C14H17Cl2N3O/c1-4-19-12(14(16)9(2)18-19)8-17-10-5-6-13(20-3)11(15)7-10/h5-7,17H,4,8H2,1-3H3. The van der Waals surface area contributed by atoms with Gasteiger partial charge >= 0.3 is 0 Å². The van der Waals surface area contributed by atoms with E-state index in [0.29, 0.717) is 22.3 Å². The molecule has 20 heavy (non-hydrogen) atoms. The Morgan fingerprint density at radius 3 is 2.70 bits per heavy atom. The van der Waals surface area contributed by atoms with Crippen LogP contribution in [0, 0.1) is 6.92 Å². The number of hydrogen-bond acceptors (Lipinski definition) is 3. The summed E-state index contributed by atoms with van der Waals surface area (Å²) in [4.78, 5) is 0. The number of methoxy groups -OCH3 is 1. The van der Waals surface area contributed by atoms with Crippen LogP contribution in [-0.4, -0.2) is 16.9 Å². The van der Waals surface area contributed by atoms with E-state index in [1.807, 2.05) is 36.7 Å². The number of rotatable bonds is 5. The van der Waals surface area contributed by atoms with Crippen LogP contribution < -0.4 is 10.1 Å². The zero-order valence-corrected chi connectivity index (χ0v) is 13.2. The normalized spacial score (nSPS) is 10.7. The summed E-state index contributed by atoms with van der Waals surface area (Å²) in [6.07, 6.45) is 0. The lowest BCUT2D eigenvalue weighted by Crippen LogP contribution is -2.08. The van der Waals surface area contributed by atoms with E-state index >= 15 is 0 Å². The fraction of sp³-hybridized carbons (Fsp3) is 0.357. The van der Waals surface area contributed by atoms with Crippen molar-refractivity contribution in [3.05, 3.63) is 39.6 Å². The molecule has 1 heterocycles. The van der Waals surface area contributed by atoms with Crippen molar-refractivity contribution in [2.45, 2.75) is 26.9 Å². The van der Waals surface area contributed by atoms with Gasteiger partial charge in [-0.25, -0.2) is 0 Å². The summed E-state index contributed by atoms with van der Waals surface area (Å²) in [5, 5.41) is 8.96. The van der Waals surface area contributed by atoms with Crippen LogP contribution in [-0.2, 0) is 13.1 Å². The largest absolute Gasteiger partial charge is 0.495 e. The molecule has 0 spiro atoms. The van der Waals surface area contributed by atoms with Gasteiger partial charge < -0.3 is 10.1 Å². The van der Waals surface area contributed by atoms with Crippen molar-refractivity contribution in [2.75, 3.05) is 12.4 Å². The topological polar surface area (TPSA) is 39.1 Å². The zero-order valence-electron chi connectivity index (χ0n) is 11.7. The van der Waals surface area contributed by atoms with E-state index < -0.39 is 0 Å².